The van der Waals surface area contributed by atoms with Crippen LogP contribution in [-0.2, 0) is 24.3 Å². The number of nitrogens with one attached hydrogen (secondary N) is 1. The van der Waals surface area contributed by atoms with Gasteiger partial charge in [0.05, 0.1) is 17.6 Å². The Labute approximate surface area is 180 Å². The van der Waals surface area contributed by atoms with Gasteiger partial charge in [-0.3, -0.25) is 9.59 Å². The van der Waals surface area contributed by atoms with Gasteiger partial charge in [0.1, 0.15) is 5.00 Å². The smallest absolute Gasteiger partial charge is 0.354 e. The molecule has 0 saturated heterocycles. The van der Waals surface area contributed by atoms with Crippen LogP contribution in [0.1, 0.15) is 19.0 Å². The van der Waals surface area contributed by atoms with E-state index in [9.17, 15) is 14.4 Å². The Morgan fingerprint density at radius 3 is 2.61 bits per heavy atom. The largest absolute Gasteiger partial charge is 0.369 e. The van der Waals surface area contributed by atoms with E-state index in [4.69, 9.17) is 0 Å². The summed E-state index contributed by atoms with van der Waals surface area (Å²) in [5.41, 5.74) is 0.226. The van der Waals surface area contributed by atoms with Crippen LogP contribution in [0.15, 0.2) is 51.4 Å². The lowest BCUT2D eigenvalue weighted by molar-refractivity contribution is -0.121. The van der Waals surface area contributed by atoms with Crippen molar-refractivity contribution in [2.24, 2.45) is 0 Å². The fourth-order valence-corrected chi connectivity index (χ4v) is 3.94. The first-order chi connectivity index (χ1) is 15.1. The summed E-state index contributed by atoms with van der Waals surface area (Å²) in [6, 6.07) is 10.9. The number of thiophene rings is 1. The van der Waals surface area contributed by atoms with E-state index in [0.29, 0.717) is 29.0 Å². The van der Waals surface area contributed by atoms with Crippen molar-refractivity contribution >= 4 is 28.0 Å². The Kier molecular flexibility index (Phi) is 6.03. The van der Waals surface area contributed by atoms with Gasteiger partial charge in [0.25, 0.3) is 5.56 Å². The predicted molar refractivity (Wildman–Crippen MR) is 117 cm³/mol. The molecular weight excluding hydrogens is 418 g/mol. The van der Waals surface area contributed by atoms with Crippen LogP contribution in [-0.4, -0.2) is 42.0 Å². The van der Waals surface area contributed by atoms with Crippen molar-refractivity contribution in [1.82, 2.24) is 34.9 Å². The maximum absolute atomic E-state index is 12.4. The summed E-state index contributed by atoms with van der Waals surface area (Å²) in [6.45, 7) is 2.79. The molecule has 0 radical (unpaired) electrons. The third-order valence-electron chi connectivity index (χ3n) is 4.83. The molecule has 0 atom stereocenters. The summed E-state index contributed by atoms with van der Waals surface area (Å²) >= 11 is 1.39. The van der Waals surface area contributed by atoms with Gasteiger partial charge >= 0.3 is 5.69 Å². The molecule has 31 heavy (non-hydrogen) atoms. The first-order valence-corrected chi connectivity index (χ1v) is 10.8. The van der Waals surface area contributed by atoms with Crippen LogP contribution in [0.25, 0.3) is 15.8 Å². The number of rotatable bonds is 8. The van der Waals surface area contributed by atoms with Crippen molar-refractivity contribution in [3.8, 4) is 5.00 Å². The standard InChI is InChI=1S/C20H21N7O3S/c1-2-25-19(29)15-7-4-3-6-14(15)16(22-25)9-10-17(28)21-11-12-26-20(30)27(24-23-26)18-8-5-13-31-18/h3-8,13H,2,9-12H2,1H3,(H,21,28). The summed E-state index contributed by atoms with van der Waals surface area (Å²) < 4.78 is 3.86. The van der Waals surface area contributed by atoms with E-state index in [0.717, 1.165) is 5.39 Å². The number of benzene rings is 1. The Morgan fingerprint density at radius 1 is 1.06 bits per heavy atom. The average Bonchev–Trinajstić information content (AvgIpc) is 3.43. The van der Waals surface area contributed by atoms with Crippen molar-refractivity contribution in [3.63, 3.8) is 0 Å². The second-order valence-electron chi connectivity index (χ2n) is 6.81. The van der Waals surface area contributed by atoms with Gasteiger partial charge in [-0.25, -0.2) is 9.48 Å². The van der Waals surface area contributed by atoms with Crippen molar-refractivity contribution in [2.45, 2.75) is 32.9 Å². The highest BCUT2D eigenvalue weighted by atomic mass is 32.1. The first kappa shape index (κ1) is 20.7. The number of fused-ring (bicyclic) bond motifs is 1. The molecule has 0 spiro atoms. The number of carbonyl (C=O) groups is 1. The van der Waals surface area contributed by atoms with Gasteiger partial charge in [-0.2, -0.15) is 14.5 Å². The van der Waals surface area contributed by atoms with E-state index in [2.05, 4.69) is 20.8 Å². The lowest BCUT2D eigenvalue weighted by Gasteiger charge is -2.10. The minimum Gasteiger partial charge on any atom is -0.354 e. The number of nitrogens with zero attached hydrogens (tertiary/aromatic N) is 6. The third-order valence-corrected chi connectivity index (χ3v) is 5.68. The number of hydrogen-bond acceptors (Lipinski definition) is 7. The van der Waals surface area contributed by atoms with Gasteiger partial charge in [0.15, 0.2) is 0 Å². The van der Waals surface area contributed by atoms with Crippen LogP contribution >= 0.6 is 11.3 Å². The second kappa shape index (κ2) is 9.04. The topological polar surface area (TPSA) is 117 Å². The van der Waals surface area contributed by atoms with E-state index >= 15 is 0 Å². The number of carbonyl (C=O) groups excluding carboxylic acids is 1. The molecule has 0 unspecified atom stereocenters. The fraction of sp³-hybridized carbons (Fsp3) is 0.300. The van der Waals surface area contributed by atoms with Crippen LogP contribution in [0.3, 0.4) is 0 Å². The van der Waals surface area contributed by atoms with Gasteiger partial charge in [0.2, 0.25) is 5.91 Å². The van der Waals surface area contributed by atoms with E-state index in [1.165, 1.54) is 25.4 Å². The zero-order chi connectivity index (χ0) is 21.8. The summed E-state index contributed by atoms with van der Waals surface area (Å²) in [7, 11) is 0. The first-order valence-electron chi connectivity index (χ1n) is 9.90. The Bertz CT molecular complexity index is 1320. The van der Waals surface area contributed by atoms with Crippen molar-refractivity contribution in [1.29, 1.82) is 0 Å². The van der Waals surface area contributed by atoms with Gasteiger partial charge in [0, 0.05) is 31.3 Å². The molecular formula is C20H21N7O3S. The zero-order valence-corrected chi connectivity index (χ0v) is 17.7. The van der Waals surface area contributed by atoms with E-state index in [1.807, 2.05) is 36.6 Å². The molecule has 3 aromatic heterocycles. The zero-order valence-electron chi connectivity index (χ0n) is 16.9. The Balaban J connectivity index is 1.36. The fourth-order valence-electron chi connectivity index (χ4n) is 3.27. The molecule has 10 nitrogen and oxygen atoms in total. The molecule has 4 rings (SSSR count). The number of hydrogen-bond donors (Lipinski definition) is 1. The van der Waals surface area contributed by atoms with Gasteiger partial charge < -0.3 is 5.32 Å². The van der Waals surface area contributed by atoms with E-state index in [1.54, 1.807) is 12.1 Å². The van der Waals surface area contributed by atoms with E-state index < -0.39 is 0 Å². The maximum atomic E-state index is 12.4. The van der Waals surface area contributed by atoms with Gasteiger partial charge in [-0.05, 0) is 40.9 Å². The molecule has 0 saturated carbocycles. The lowest BCUT2D eigenvalue weighted by Crippen LogP contribution is -2.32. The van der Waals surface area contributed by atoms with Gasteiger partial charge in [-0.15, -0.1) is 11.3 Å². The number of aryl methyl sites for hydroxylation is 2. The summed E-state index contributed by atoms with van der Waals surface area (Å²) in [4.78, 5) is 37.0. The van der Waals surface area contributed by atoms with Crippen molar-refractivity contribution < 1.29 is 4.79 Å². The van der Waals surface area contributed by atoms with Crippen molar-refractivity contribution in [2.75, 3.05) is 6.54 Å². The molecule has 3 heterocycles. The SMILES string of the molecule is CCn1nc(CCC(=O)NCCn2nnn(-c3cccs3)c2=O)c2ccccc2c1=O. The molecule has 1 amide bonds. The predicted octanol–water partition coefficient (Wildman–Crippen LogP) is 0.969. The molecule has 1 aromatic carbocycles. The van der Waals surface area contributed by atoms with E-state index in [-0.39, 0.29) is 36.7 Å². The molecule has 0 aliphatic heterocycles. The molecule has 1 N–H and O–H groups in total. The van der Waals surface area contributed by atoms with Crippen LogP contribution < -0.4 is 16.6 Å². The minimum atomic E-state index is -0.353. The van der Waals surface area contributed by atoms with Gasteiger partial charge in [-0.1, -0.05) is 18.2 Å². The van der Waals surface area contributed by atoms with Crippen LogP contribution in [0.5, 0.6) is 0 Å². The molecule has 11 heteroatoms. The Hall–Kier alpha value is -3.60. The molecule has 4 aromatic rings. The minimum absolute atomic E-state index is 0.132. The quantitative estimate of drug-likeness (QED) is 0.437. The summed E-state index contributed by atoms with van der Waals surface area (Å²) in [5.74, 6) is -0.168. The monoisotopic (exact) mass is 439 g/mol. The van der Waals surface area contributed by atoms with Crippen LogP contribution in [0.2, 0.25) is 0 Å². The molecule has 0 aliphatic rings. The highest BCUT2D eigenvalue weighted by Gasteiger charge is 2.12. The summed E-state index contributed by atoms with van der Waals surface area (Å²) in [6.07, 6.45) is 0.622. The lowest BCUT2D eigenvalue weighted by atomic mass is 10.1. The second-order valence-corrected chi connectivity index (χ2v) is 7.74. The summed E-state index contributed by atoms with van der Waals surface area (Å²) in [5, 5.41) is 18.8. The highest BCUT2D eigenvalue weighted by Crippen LogP contribution is 2.15. The molecule has 0 bridgehead atoms. The molecule has 0 aliphatic carbocycles. The number of tetrazole rings is 1. The normalized spacial score (nSPS) is 11.1. The Morgan fingerprint density at radius 2 is 1.87 bits per heavy atom. The molecule has 160 valence electrons. The molecule has 0 fully saturated rings. The number of amides is 1. The third kappa shape index (κ3) is 4.31. The highest BCUT2D eigenvalue weighted by molar-refractivity contribution is 7.12. The van der Waals surface area contributed by atoms with Crippen molar-refractivity contribution in [3.05, 3.63) is 68.3 Å². The number of aromatic nitrogens is 6. The van der Waals surface area contributed by atoms with Crippen LogP contribution in [0.4, 0.5) is 0 Å². The maximum Gasteiger partial charge on any atom is 0.369 e. The average molecular weight is 440 g/mol. The van der Waals surface area contributed by atoms with Crippen LogP contribution in [0, 0.1) is 0 Å².